The van der Waals surface area contributed by atoms with Gasteiger partial charge in [0.05, 0.1) is 0 Å². The summed E-state index contributed by atoms with van der Waals surface area (Å²) in [7, 11) is 0. The minimum absolute atomic E-state index is 0.0972. The van der Waals surface area contributed by atoms with Crippen LogP contribution in [0.5, 0.6) is 0 Å². The topological polar surface area (TPSA) is 17.1 Å². The summed E-state index contributed by atoms with van der Waals surface area (Å²) in [4.78, 5) is 10.8. The van der Waals surface area contributed by atoms with Gasteiger partial charge in [-0.3, -0.25) is 4.79 Å². The minimum atomic E-state index is 0.0972. The molecule has 0 saturated heterocycles. The van der Waals surface area contributed by atoms with Crippen LogP contribution in [-0.4, -0.2) is 0 Å². The molecule has 0 radical (unpaired) electrons. The molecule has 0 fully saturated rings. The lowest BCUT2D eigenvalue weighted by Crippen LogP contribution is -1.96. The van der Waals surface area contributed by atoms with Crippen LogP contribution < -0.4 is 5.43 Å². The molecule has 1 aromatic rings. The Kier molecular flexibility index (Phi) is 1.63. The monoisotopic (exact) mass is 120 g/mol. The van der Waals surface area contributed by atoms with Crippen molar-refractivity contribution < 1.29 is 0 Å². The molecule has 1 heteroatoms. The summed E-state index contributed by atoms with van der Waals surface area (Å²) in [5, 5.41) is 0. The van der Waals surface area contributed by atoms with Gasteiger partial charge in [0.15, 0.2) is 5.43 Å². The van der Waals surface area contributed by atoms with Gasteiger partial charge < -0.3 is 0 Å². The zero-order valence-corrected chi connectivity index (χ0v) is 5.29. The van der Waals surface area contributed by atoms with Crippen molar-refractivity contribution in [2.75, 3.05) is 0 Å². The molecule has 0 heterocycles. The van der Waals surface area contributed by atoms with Crippen molar-refractivity contribution in [2.45, 2.75) is 6.92 Å². The predicted molar refractivity (Wildman–Crippen MR) is 37.4 cm³/mol. The van der Waals surface area contributed by atoms with E-state index in [0.29, 0.717) is 0 Å². The van der Waals surface area contributed by atoms with Gasteiger partial charge in [0.2, 0.25) is 0 Å². The van der Waals surface area contributed by atoms with E-state index in [-0.39, 0.29) is 5.43 Å². The van der Waals surface area contributed by atoms with E-state index >= 15 is 0 Å². The second-order valence-corrected chi connectivity index (χ2v) is 1.96. The third-order valence-electron chi connectivity index (χ3n) is 1.20. The van der Waals surface area contributed by atoms with Gasteiger partial charge >= 0.3 is 0 Å². The van der Waals surface area contributed by atoms with E-state index in [0.717, 1.165) is 5.56 Å². The smallest absolute Gasteiger partial charge is 0.181 e. The van der Waals surface area contributed by atoms with Gasteiger partial charge in [-0.2, -0.15) is 0 Å². The second-order valence-electron chi connectivity index (χ2n) is 1.96. The third kappa shape index (κ3) is 1.39. The van der Waals surface area contributed by atoms with Crippen molar-refractivity contribution in [2.24, 2.45) is 0 Å². The maximum Gasteiger partial charge on any atom is 0.181 e. The van der Waals surface area contributed by atoms with Crippen molar-refractivity contribution in [1.29, 1.82) is 0 Å². The van der Waals surface area contributed by atoms with Crippen LogP contribution in [0.2, 0.25) is 0 Å². The molecule has 0 amide bonds. The Balaban J connectivity index is 3.42. The predicted octanol–water partition coefficient (Wildman–Crippen LogP) is 1.36. The van der Waals surface area contributed by atoms with E-state index < -0.39 is 0 Å². The maximum absolute atomic E-state index is 10.8. The molecule has 0 bridgehead atoms. The Morgan fingerprint density at radius 2 is 1.78 bits per heavy atom. The lowest BCUT2D eigenvalue weighted by Gasteiger charge is -1.74. The molecule has 0 atom stereocenters. The highest BCUT2D eigenvalue weighted by molar-refractivity contribution is 5.11. The van der Waals surface area contributed by atoms with Gasteiger partial charge in [-0.05, 0) is 18.6 Å². The molecule has 46 valence electrons. The Labute approximate surface area is 54.0 Å². The molecule has 0 spiro atoms. The minimum Gasteiger partial charge on any atom is -0.290 e. The van der Waals surface area contributed by atoms with Gasteiger partial charge in [-0.15, -0.1) is 0 Å². The fourth-order valence-corrected chi connectivity index (χ4v) is 0.621. The first kappa shape index (κ1) is 6.02. The molecule has 9 heavy (non-hydrogen) atoms. The molecule has 1 aromatic carbocycles. The van der Waals surface area contributed by atoms with E-state index in [1.165, 1.54) is 0 Å². The van der Waals surface area contributed by atoms with E-state index in [1.807, 2.05) is 25.1 Å². The Hall–Kier alpha value is -1.11. The molecule has 1 rings (SSSR count). The Morgan fingerprint density at radius 1 is 1.11 bits per heavy atom. The largest absolute Gasteiger partial charge is 0.290 e. The maximum atomic E-state index is 10.8. The summed E-state index contributed by atoms with van der Waals surface area (Å²) in [6.07, 6.45) is 0. The Bertz CT molecular complexity index is 252. The Morgan fingerprint density at radius 3 is 2.56 bits per heavy atom. The van der Waals surface area contributed by atoms with Gasteiger partial charge in [-0.1, -0.05) is 24.3 Å². The van der Waals surface area contributed by atoms with Crippen LogP contribution in [0, 0.1) is 6.92 Å². The van der Waals surface area contributed by atoms with Crippen molar-refractivity contribution in [3.8, 4) is 0 Å². The quantitative estimate of drug-likeness (QED) is 0.505. The SMILES string of the molecule is Cc1cccccc1=O. The summed E-state index contributed by atoms with van der Waals surface area (Å²) in [5.41, 5.74) is 0.889. The van der Waals surface area contributed by atoms with Crippen LogP contribution in [0.1, 0.15) is 5.56 Å². The van der Waals surface area contributed by atoms with Crippen LogP contribution in [0.25, 0.3) is 0 Å². The van der Waals surface area contributed by atoms with Crippen LogP contribution in [0.4, 0.5) is 0 Å². The summed E-state index contributed by atoms with van der Waals surface area (Å²) in [5.74, 6) is 0. The summed E-state index contributed by atoms with van der Waals surface area (Å²) >= 11 is 0. The number of hydrogen-bond acceptors (Lipinski definition) is 1. The molecule has 1 nitrogen and oxygen atoms in total. The van der Waals surface area contributed by atoms with E-state index in [1.54, 1.807) is 12.1 Å². The van der Waals surface area contributed by atoms with Crippen LogP contribution in [0.3, 0.4) is 0 Å². The fourth-order valence-electron chi connectivity index (χ4n) is 0.621. The van der Waals surface area contributed by atoms with Crippen molar-refractivity contribution >= 4 is 0 Å². The summed E-state index contributed by atoms with van der Waals surface area (Å²) in [6.45, 7) is 1.81. The summed E-state index contributed by atoms with van der Waals surface area (Å²) < 4.78 is 0. The lowest BCUT2D eigenvalue weighted by molar-refractivity contribution is 1.43. The molecule has 0 saturated carbocycles. The van der Waals surface area contributed by atoms with Gasteiger partial charge in [0, 0.05) is 0 Å². The molecule has 0 aliphatic rings. The number of rotatable bonds is 0. The molecule has 0 unspecified atom stereocenters. The first-order chi connectivity index (χ1) is 4.30. The second kappa shape index (κ2) is 2.44. The number of hydrogen-bond donors (Lipinski definition) is 0. The highest BCUT2D eigenvalue weighted by Gasteiger charge is 1.82. The van der Waals surface area contributed by atoms with Crippen LogP contribution in [0.15, 0.2) is 35.1 Å². The normalized spacial score (nSPS) is 9.00. The molecule has 0 N–H and O–H groups in total. The molecular formula is C8H8O. The zero-order valence-electron chi connectivity index (χ0n) is 5.29. The third-order valence-corrected chi connectivity index (χ3v) is 1.20. The fraction of sp³-hybridized carbons (Fsp3) is 0.125. The van der Waals surface area contributed by atoms with Crippen molar-refractivity contribution in [3.05, 3.63) is 46.1 Å². The van der Waals surface area contributed by atoms with Crippen LogP contribution >= 0.6 is 0 Å². The highest BCUT2D eigenvalue weighted by atomic mass is 16.1. The number of aryl methyl sites for hydroxylation is 1. The zero-order chi connectivity index (χ0) is 6.69. The van der Waals surface area contributed by atoms with Gasteiger partial charge in [-0.25, -0.2) is 0 Å². The first-order valence-corrected chi connectivity index (χ1v) is 2.86. The molecule has 0 aromatic heterocycles. The van der Waals surface area contributed by atoms with E-state index in [2.05, 4.69) is 0 Å². The lowest BCUT2D eigenvalue weighted by atomic mass is 10.3. The molecular weight excluding hydrogens is 112 g/mol. The molecule has 0 aliphatic heterocycles. The van der Waals surface area contributed by atoms with Gasteiger partial charge in [0.1, 0.15) is 0 Å². The average Bonchev–Trinajstić information content (AvgIpc) is 1.99. The highest BCUT2D eigenvalue weighted by Crippen LogP contribution is 1.84. The van der Waals surface area contributed by atoms with Crippen molar-refractivity contribution in [1.82, 2.24) is 0 Å². The molecule has 0 aliphatic carbocycles. The van der Waals surface area contributed by atoms with Crippen molar-refractivity contribution in [3.63, 3.8) is 0 Å². The van der Waals surface area contributed by atoms with E-state index in [9.17, 15) is 4.79 Å². The summed E-state index contributed by atoms with van der Waals surface area (Å²) in [6, 6.07) is 8.82. The van der Waals surface area contributed by atoms with E-state index in [4.69, 9.17) is 0 Å². The average molecular weight is 120 g/mol. The first-order valence-electron chi connectivity index (χ1n) is 2.86. The van der Waals surface area contributed by atoms with Crippen LogP contribution in [-0.2, 0) is 0 Å². The standard InChI is InChI=1S/C8H8O/c1-7-5-3-2-4-6-8(7)9/h2-6H,1H3. The van der Waals surface area contributed by atoms with Gasteiger partial charge in [0.25, 0.3) is 0 Å².